The third kappa shape index (κ3) is 3.43. The van der Waals surface area contributed by atoms with E-state index < -0.39 is 0 Å². The van der Waals surface area contributed by atoms with Gasteiger partial charge in [-0.3, -0.25) is 4.79 Å². The molecule has 0 saturated carbocycles. The molecule has 5 rings (SSSR count). The minimum Gasteiger partial charge on any atom is -0.306 e. The highest BCUT2D eigenvalue weighted by Crippen LogP contribution is 2.25. The maximum atomic E-state index is 12.8. The molecule has 0 fully saturated rings. The number of benzene rings is 2. The molecule has 5 aromatic rings. The first-order chi connectivity index (χ1) is 15.1. The minimum absolute atomic E-state index is 0.336. The smallest absolute Gasteiger partial charge is 0.258 e. The number of carbonyl (C=O) groups is 1. The zero-order valence-corrected chi connectivity index (χ0v) is 17.2. The Kier molecular flexibility index (Phi) is 4.68. The van der Waals surface area contributed by atoms with Crippen molar-refractivity contribution in [1.29, 1.82) is 0 Å². The van der Waals surface area contributed by atoms with Crippen LogP contribution in [0.2, 0.25) is 5.02 Å². The summed E-state index contributed by atoms with van der Waals surface area (Å²) in [7, 11) is 0. The molecule has 31 heavy (non-hydrogen) atoms. The van der Waals surface area contributed by atoms with Gasteiger partial charge in [0.2, 0.25) is 0 Å². The molecule has 3 heterocycles. The number of nitrogens with zero attached hydrogens (tertiary/aromatic N) is 6. The molecule has 0 saturated heterocycles. The van der Waals surface area contributed by atoms with Crippen LogP contribution in [-0.2, 0) is 0 Å². The SMILES string of the molecule is Cc1cc(NC(=O)c2ccccc2Cl)n(-c2ncnc3c2cnn3-c2ccccc2)n1. The number of carbonyl (C=O) groups excluding carboxylic acids is 1. The van der Waals surface area contributed by atoms with Crippen LogP contribution in [0.5, 0.6) is 0 Å². The van der Waals surface area contributed by atoms with Crippen LogP contribution in [0.25, 0.3) is 22.5 Å². The first kappa shape index (κ1) is 19.0. The highest BCUT2D eigenvalue weighted by Gasteiger charge is 2.18. The second-order valence-electron chi connectivity index (χ2n) is 6.84. The zero-order valence-electron chi connectivity index (χ0n) is 16.4. The van der Waals surface area contributed by atoms with Gasteiger partial charge in [-0.1, -0.05) is 41.9 Å². The largest absolute Gasteiger partial charge is 0.306 e. The summed E-state index contributed by atoms with van der Waals surface area (Å²) in [6.07, 6.45) is 3.14. The fourth-order valence-electron chi connectivity index (χ4n) is 3.34. The summed E-state index contributed by atoms with van der Waals surface area (Å²) in [5, 5.41) is 12.9. The Morgan fingerprint density at radius 1 is 1.00 bits per heavy atom. The van der Waals surface area contributed by atoms with Crippen molar-refractivity contribution in [3.05, 3.63) is 89.5 Å². The molecule has 3 aromatic heterocycles. The van der Waals surface area contributed by atoms with Crippen LogP contribution in [0.1, 0.15) is 16.1 Å². The normalized spacial score (nSPS) is 11.0. The van der Waals surface area contributed by atoms with E-state index in [1.165, 1.54) is 6.33 Å². The fraction of sp³-hybridized carbons (Fsp3) is 0.0455. The van der Waals surface area contributed by atoms with Crippen LogP contribution in [0.15, 0.2) is 73.2 Å². The molecule has 0 aliphatic rings. The lowest BCUT2D eigenvalue weighted by Gasteiger charge is -2.10. The predicted octanol–water partition coefficient (Wildman–Crippen LogP) is 4.22. The molecular formula is C22H16ClN7O. The van der Waals surface area contributed by atoms with Gasteiger partial charge in [-0.15, -0.1) is 0 Å². The zero-order chi connectivity index (χ0) is 21.4. The van der Waals surface area contributed by atoms with Gasteiger partial charge in [0.25, 0.3) is 5.91 Å². The molecular weight excluding hydrogens is 414 g/mol. The van der Waals surface area contributed by atoms with Crippen LogP contribution < -0.4 is 5.32 Å². The standard InChI is InChI=1S/C22H16ClN7O/c1-14-11-19(27-22(31)16-9-5-6-10-18(16)23)30(28-14)21-17-12-26-29(20(17)24-13-25-21)15-7-3-2-4-8-15/h2-13H,1H3,(H,27,31). The van der Waals surface area contributed by atoms with Gasteiger partial charge in [-0.2, -0.15) is 14.9 Å². The maximum absolute atomic E-state index is 12.8. The number of aromatic nitrogens is 6. The number of nitrogens with one attached hydrogen (secondary N) is 1. The summed E-state index contributed by atoms with van der Waals surface area (Å²) in [6.45, 7) is 1.84. The number of halogens is 1. The van der Waals surface area contributed by atoms with Gasteiger partial charge >= 0.3 is 0 Å². The molecule has 1 amide bonds. The number of hydrogen-bond acceptors (Lipinski definition) is 5. The number of para-hydroxylation sites is 1. The van der Waals surface area contributed by atoms with Crippen molar-refractivity contribution in [1.82, 2.24) is 29.5 Å². The van der Waals surface area contributed by atoms with E-state index in [4.69, 9.17) is 11.6 Å². The fourth-order valence-corrected chi connectivity index (χ4v) is 3.56. The predicted molar refractivity (Wildman–Crippen MR) is 118 cm³/mol. The van der Waals surface area contributed by atoms with Crippen molar-refractivity contribution in [2.45, 2.75) is 6.92 Å². The Morgan fingerprint density at radius 2 is 1.77 bits per heavy atom. The van der Waals surface area contributed by atoms with Gasteiger partial charge in [0.05, 0.1) is 33.6 Å². The Hall–Kier alpha value is -4.04. The molecule has 0 bridgehead atoms. The van der Waals surface area contributed by atoms with E-state index in [1.807, 2.05) is 37.3 Å². The molecule has 152 valence electrons. The van der Waals surface area contributed by atoms with Gasteiger partial charge in [0.15, 0.2) is 11.5 Å². The number of fused-ring (bicyclic) bond motifs is 1. The first-order valence-electron chi connectivity index (χ1n) is 9.49. The monoisotopic (exact) mass is 429 g/mol. The van der Waals surface area contributed by atoms with Crippen molar-refractivity contribution < 1.29 is 4.79 Å². The second kappa shape index (κ2) is 7.66. The second-order valence-corrected chi connectivity index (χ2v) is 7.25. The van der Waals surface area contributed by atoms with E-state index in [-0.39, 0.29) is 5.91 Å². The molecule has 0 spiro atoms. The van der Waals surface area contributed by atoms with E-state index in [0.29, 0.717) is 33.3 Å². The molecule has 0 aliphatic heterocycles. The van der Waals surface area contributed by atoms with Crippen LogP contribution >= 0.6 is 11.6 Å². The first-order valence-corrected chi connectivity index (χ1v) is 9.86. The molecule has 0 unspecified atom stereocenters. The van der Waals surface area contributed by atoms with Crippen LogP contribution in [-0.4, -0.2) is 35.4 Å². The lowest BCUT2D eigenvalue weighted by Crippen LogP contribution is -2.16. The summed E-state index contributed by atoms with van der Waals surface area (Å²) >= 11 is 6.17. The topological polar surface area (TPSA) is 90.5 Å². The molecule has 0 atom stereocenters. The number of anilines is 1. The van der Waals surface area contributed by atoms with E-state index in [2.05, 4.69) is 25.5 Å². The molecule has 9 heteroatoms. The van der Waals surface area contributed by atoms with Gasteiger partial charge < -0.3 is 5.32 Å². The van der Waals surface area contributed by atoms with Crippen LogP contribution in [0.3, 0.4) is 0 Å². The van der Waals surface area contributed by atoms with E-state index in [9.17, 15) is 4.79 Å². The van der Waals surface area contributed by atoms with E-state index in [1.54, 1.807) is 45.9 Å². The Labute approximate surface area is 182 Å². The quantitative estimate of drug-likeness (QED) is 0.462. The van der Waals surface area contributed by atoms with Gasteiger partial charge in [-0.25, -0.2) is 14.6 Å². The average Bonchev–Trinajstić information content (AvgIpc) is 3.38. The van der Waals surface area contributed by atoms with Crippen molar-refractivity contribution >= 4 is 34.4 Å². The summed E-state index contributed by atoms with van der Waals surface area (Å²) in [6, 6.07) is 18.3. The van der Waals surface area contributed by atoms with Crippen molar-refractivity contribution in [2.24, 2.45) is 0 Å². The van der Waals surface area contributed by atoms with Gasteiger partial charge in [0.1, 0.15) is 12.1 Å². The van der Waals surface area contributed by atoms with Gasteiger partial charge in [0, 0.05) is 6.07 Å². The Bertz CT molecular complexity index is 1410. The van der Waals surface area contributed by atoms with Gasteiger partial charge in [-0.05, 0) is 31.2 Å². The third-order valence-corrected chi connectivity index (χ3v) is 5.07. The molecule has 2 aromatic carbocycles. The Morgan fingerprint density at radius 3 is 2.58 bits per heavy atom. The third-order valence-electron chi connectivity index (χ3n) is 4.74. The number of amides is 1. The molecule has 8 nitrogen and oxygen atoms in total. The molecule has 0 aliphatic carbocycles. The van der Waals surface area contributed by atoms with Crippen LogP contribution in [0, 0.1) is 6.92 Å². The number of rotatable bonds is 4. The average molecular weight is 430 g/mol. The summed E-state index contributed by atoms with van der Waals surface area (Å²) in [5.41, 5.74) is 2.61. The Balaban J connectivity index is 1.58. The van der Waals surface area contributed by atoms with Crippen LogP contribution in [0.4, 0.5) is 5.82 Å². The van der Waals surface area contributed by atoms with E-state index in [0.717, 1.165) is 11.4 Å². The number of aryl methyl sites for hydroxylation is 1. The minimum atomic E-state index is -0.336. The van der Waals surface area contributed by atoms with Crippen molar-refractivity contribution in [3.63, 3.8) is 0 Å². The maximum Gasteiger partial charge on any atom is 0.258 e. The summed E-state index contributed by atoms with van der Waals surface area (Å²) in [5.74, 6) is 0.640. The highest BCUT2D eigenvalue weighted by atomic mass is 35.5. The molecule has 1 N–H and O–H groups in total. The summed E-state index contributed by atoms with van der Waals surface area (Å²) < 4.78 is 3.31. The lowest BCUT2D eigenvalue weighted by atomic mass is 10.2. The highest BCUT2D eigenvalue weighted by molar-refractivity contribution is 6.34. The van der Waals surface area contributed by atoms with Crippen molar-refractivity contribution in [3.8, 4) is 11.5 Å². The van der Waals surface area contributed by atoms with E-state index >= 15 is 0 Å². The van der Waals surface area contributed by atoms with Crippen molar-refractivity contribution in [2.75, 3.05) is 5.32 Å². The lowest BCUT2D eigenvalue weighted by molar-refractivity contribution is 0.102. The summed E-state index contributed by atoms with van der Waals surface area (Å²) in [4.78, 5) is 21.6. The number of hydrogen-bond donors (Lipinski definition) is 1. The molecule has 0 radical (unpaired) electrons.